The van der Waals surface area contributed by atoms with Gasteiger partial charge < -0.3 is 9.52 Å². The lowest BCUT2D eigenvalue weighted by Crippen LogP contribution is -1.97. The van der Waals surface area contributed by atoms with Gasteiger partial charge in [0.05, 0.1) is 0 Å². The highest BCUT2D eigenvalue weighted by Crippen LogP contribution is 2.26. The molecular formula is C11H8BrClO2. The lowest BCUT2D eigenvalue weighted by Gasteiger charge is -2.07. The van der Waals surface area contributed by atoms with Gasteiger partial charge in [-0.3, -0.25) is 0 Å². The number of hydrogen-bond donors (Lipinski definition) is 1. The molecule has 2 nitrogen and oxygen atoms in total. The zero-order valence-corrected chi connectivity index (χ0v) is 9.99. The Hall–Kier alpha value is -0.770. The molecule has 78 valence electrons. The number of aliphatic hydroxyl groups is 1. The number of benzene rings is 1. The molecule has 1 aromatic carbocycles. The van der Waals surface area contributed by atoms with E-state index in [0.717, 1.165) is 5.56 Å². The molecule has 1 heterocycles. The highest BCUT2D eigenvalue weighted by atomic mass is 79.9. The second-order valence-corrected chi connectivity index (χ2v) is 4.31. The van der Waals surface area contributed by atoms with E-state index in [1.807, 2.05) is 0 Å². The maximum absolute atomic E-state index is 9.94. The fourth-order valence-electron chi connectivity index (χ4n) is 1.28. The van der Waals surface area contributed by atoms with Gasteiger partial charge in [0.15, 0.2) is 4.67 Å². The van der Waals surface area contributed by atoms with Crippen LogP contribution in [0, 0.1) is 0 Å². The third-order valence-corrected chi connectivity index (χ3v) is 2.73. The molecule has 15 heavy (non-hydrogen) atoms. The monoisotopic (exact) mass is 286 g/mol. The lowest BCUT2D eigenvalue weighted by atomic mass is 10.1. The van der Waals surface area contributed by atoms with Crippen molar-refractivity contribution in [1.82, 2.24) is 0 Å². The first-order valence-corrected chi connectivity index (χ1v) is 5.52. The van der Waals surface area contributed by atoms with Crippen LogP contribution in [0.3, 0.4) is 0 Å². The summed E-state index contributed by atoms with van der Waals surface area (Å²) in [6.45, 7) is 0. The predicted molar refractivity (Wildman–Crippen MR) is 61.9 cm³/mol. The number of aliphatic hydroxyl groups excluding tert-OH is 1. The number of furan rings is 1. The van der Waals surface area contributed by atoms with Gasteiger partial charge in [0.25, 0.3) is 0 Å². The second-order valence-electron chi connectivity index (χ2n) is 3.10. The Morgan fingerprint density at radius 3 is 2.33 bits per heavy atom. The summed E-state index contributed by atoms with van der Waals surface area (Å²) in [7, 11) is 0. The van der Waals surface area contributed by atoms with Gasteiger partial charge in [0, 0.05) is 5.02 Å². The average molecular weight is 288 g/mol. The van der Waals surface area contributed by atoms with Crippen molar-refractivity contribution in [3.05, 3.63) is 57.4 Å². The van der Waals surface area contributed by atoms with E-state index in [0.29, 0.717) is 15.5 Å². The summed E-state index contributed by atoms with van der Waals surface area (Å²) < 4.78 is 5.87. The molecule has 0 fully saturated rings. The SMILES string of the molecule is OC(c1ccc(Cl)cc1)c1ccc(Br)o1. The van der Waals surface area contributed by atoms with Crippen molar-refractivity contribution < 1.29 is 9.52 Å². The van der Waals surface area contributed by atoms with E-state index in [1.54, 1.807) is 36.4 Å². The third kappa shape index (κ3) is 2.43. The first-order valence-electron chi connectivity index (χ1n) is 4.35. The maximum atomic E-state index is 9.94. The van der Waals surface area contributed by atoms with E-state index in [4.69, 9.17) is 16.0 Å². The minimum atomic E-state index is -0.756. The van der Waals surface area contributed by atoms with Crippen LogP contribution >= 0.6 is 27.5 Å². The summed E-state index contributed by atoms with van der Waals surface area (Å²) in [5, 5.41) is 10.6. The summed E-state index contributed by atoms with van der Waals surface area (Å²) in [4.78, 5) is 0. The lowest BCUT2D eigenvalue weighted by molar-refractivity contribution is 0.187. The molecular weight excluding hydrogens is 279 g/mol. The van der Waals surface area contributed by atoms with Gasteiger partial charge in [-0.25, -0.2) is 0 Å². The van der Waals surface area contributed by atoms with Crippen molar-refractivity contribution in [1.29, 1.82) is 0 Å². The molecule has 2 rings (SSSR count). The van der Waals surface area contributed by atoms with E-state index < -0.39 is 6.10 Å². The van der Waals surface area contributed by atoms with Crippen LogP contribution in [0.5, 0.6) is 0 Å². The first kappa shape index (κ1) is 10.7. The largest absolute Gasteiger partial charge is 0.451 e. The first-order chi connectivity index (χ1) is 7.16. The summed E-state index contributed by atoms with van der Waals surface area (Å²) in [5.74, 6) is 0.504. The van der Waals surface area contributed by atoms with E-state index >= 15 is 0 Å². The van der Waals surface area contributed by atoms with Crippen molar-refractivity contribution in [3.63, 3.8) is 0 Å². The molecule has 2 aromatic rings. The molecule has 0 aliphatic carbocycles. The molecule has 0 bridgehead atoms. The zero-order valence-electron chi connectivity index (χ0n) is 7.65. The fourth-order valence-corrected chi connectivity index (χ4v) is 1.73. The molecule has 4 heteroatoms. The maximum Gasteiger partial charge on any atom is 0.169 e. The van der Waals surface area contributed by atoms with Crippen molar-refractivity contribution >= 4 is 27.5 Å². The Balaban J connectivity index is 2.28. The molecule has 0 aliphatic rings. The molecule has 0 radical (unpaired) electrons. The normalized spacial score (nSPS) is 12.7. The Kier molecular flexibility index (Phi) is 3.14. The van der Waals surface area contributed by atoms with Gasteiger partial charge in [-0.1, -0.05) is 23.7 Å². The van der Waals surface area contributed by atoms with E-state index in [9.17, 15) is 5.11 Å². The van der Waals surface area contributed by atoms with E-state index in [2.05, 4.69) is 15.9 Å². The van der Waals surface area contributed by atoms with E-state index in [1.165, 1.54) is 0 Å². The van der Waals surface area contributed by atoms with Crippen LogP contribution in [0.15, 0.2) is 45.5 Å². The molecule has 0 spiro atoms. The highest BCUT2D eigenvalue weighted by molar-refractivity contribution is 9.10. The molecule has 1 atom stereocenters. The molecule has 1 N–H and O–H groups in total. The van der Waals surface area contributed by atoms with Gasteiger partial charge in [-0.15, -0.1) is 0 Å². The van der Waals surface area contributed by atoms with Gasteiger partial charge in [-0.05, 0) is 45.8 Å². The summed E-state index contributed by atoms with van der Waals surface area (Å²) in [5.41, 5.74) is 0.751. The smallest absolute Gasteiger partial charge is 0.169 e. The van der Waals surface area contributed by atoms with Crippen LogP contribution < -0.4 is 0 Å². The molecule has 0 saturated heterocycles. The topological polar surface area (TPSA) is 33.4 Å². The van der Waals surface area contributed by atoms with Crippen LogP contribution in [0.2, 0.25) is 5.02 Å². The molecule has 0 aliphatic heterocycles. The number of halogens is 2. The zero-order chi connectivity index (χ0) is 10.8. The minimum absolute atomic E-state index is 0.504. The summed E-state index contributed by atoms with van der Waals surface area (Å²) >= 11 is 8.94. The van der Waals surface area contributed by atoms with Crippen molar-refractivity contribution in [2.45, 2.75) is 6.10 Å². The van der Waals surface area contributed by atoms with Gasteiger partial charge in [0.2, 0.25) is 0 Å². The van der Waals surface area contributed by atoms with Crippen LogP contribution in [-0.4, -0.2) is 5.11 Å². The second kappa shape index (κ2) is 4.39. The van der Waals surface area contributed by atoms with Gasteiger partial charge in [0.1, 0.15) is 11.9 Å². The highest BCUT2D eigenvalue weighted by Gasteiger charge is 2.13. The van der Waals surface area contributed by atoms with Crippen LogP contribution in [0.1, 0.15) is 17.4 Å². The minimum Gasteiger partial charge on any atom is -0.451 e. The number of rotatable bonds is 2. The molecule has 1 unspecified atom stereocenters. The summed E-state index contributed by atoms with van der Waals surface area (Å²) in [6.07, 6.45) is -0.756. The fraction of sp³-hybridized carbons (Fsp3) is 0.0909. The standard InChI is InChI=1S/C11H8BrClO2/c12-10-6-5-9(15-10)11(14)7-1-3-8(13)4-2-7/h1-6,11,14H. The molecule has 1 aromatic heterocycles. The van der Waals surface area contributed by atoms with Crippen LogP contribution in [0.4, 0.5) is 0 Å². The predicted octanol–water partition coefficient (Wildman–Crippen LogP) is 3.78. The Morgan fingerprint density at radius 1 is 1.13 bits per heavy atom. The average Bonchev–Trinajstić information content (AvgIpc) is 2.65. The Labute approximate surface area is 101 Å². The van der Waals surface area contributed by atoms with Gasteiger partial charge >= 0.3 is 0 Å². The van der Waals surface area contributed by atoms with Crippen molar-refractivity contribution in [2.75, 3.05) is 0 Å². The Bertz CT molecular complexity index is 450. The molecule has 0 amide bonds. The van der Waals surface area contributed by atoms with Crippen molar-refractivity contribution in [3.8, 4) is 0 Å². The van der Waals surface area contributed by atoms with Gasteiger partial charge in [-0.2, -0.15) is 0 Å². The van der Waals surface area contributed by atoms with Crippen LogP contribution in [-0.2, 0) is 0 Å². The summed E-state index contributed by atoms with van der Waals surface area (Å²) in [6, 6.07) is 10.5. The van der Waals surface area contributed by atoms with E-state index in [-0.39, 0.29) is 0 Å². The third-order valence-electron chi connectivity index (χ3n) is 2.05. The van der Waals surface area contributed by atoms with Crippen molar-refractivity contribution in [2.24, 2.45) is 0 Å². The van der Waals surface area contributed by atoms with Crippen LogP contribution in [0.25, 0.3) is 0 Å². The molecule has 0 saturated carbocycles. The number of hydrogen-bond acceptors (Lipinski definition) is 2. The Morgan fingerprint density at radius 2 is 1.80 bits per heavy atom. The quantitative estimate of drug-likeness (QED) is 0.912.